The van der Waals surface area contributed by atoms with E-state index in [1.165, 1.54) is 25.5 Å². The first-order valence-corrected chi connectivity index (χ1v) is 9.60. The number of hydrogen-bond acceptors (Lipinski definition) is 5. The number of piperidine rings is 1. The average Bonchev–Trinajstić information content (AvgIpc) is 3.29. The number of anilines is 1. The first-order valence-electron chi connectivity index (χ1n) is 7.71. The topological polar surface area (TPSA) is 62.3 Å². The summed E-state index contributed by atoms with van der Waals surface area (Å²) in [6.45, 7) is 1.81. The Kier molecular flexibility index (Phi) is 4.17. The van der Waals surface area contributed by atoms with Crippen LogP contribution in [-0.4, -0.2) is 44.8 Å². The van der Waals surface area contributed by atoms with E-state index in [1.807, 2.05) is 0 Å². The van der Waals surface area contributed by atoms with Crippen LogP contribution in [-0.2, 0) is 9.84 Å². The Balaban J connectivity index is 1.85. The molecule has 1 saturated carbocycles. The quantitative estimate of drug-likeness (QED) is 0.895. The van der Waals surface area contributed by atoms with Crippen LogP contribution < -0.4 is 10.2 Å². The molecule has 1 aromatic rings. The molecule has 5 nitrogen and oxygen atoms in total. The number of hydrogen-bond donors (Lipinski definition) is 1. The molecule has 1 aliphatic heterocycles. The molecule has 1 saturated heterocycles. The SMILES string of the molecule is CS(=O)(=O)c1cccnc1N1CCCCC1CNC1CC1. The third-order valence-electron chi connectivity index (χ3n) is 4.27. The zero-order valence-electron chi connectivity index (χ0n) is 12.5. The monoisotopic (exact) mass is 309 g/mol. The molecule has 0 spiro atoms. The van der Waals surface area contributed by atoms with Gasteiger partial charge in [0, 0.05) is 37.6 Å². The lowest BCUT2D eigenvalue weighted by Crippen LogP contribution is -2.47. The van der Waals surface area contributed by atoms with Crippen molar-refractivity contribution in [3.8, 4) is 0 Å². The van der Waals surface area contributed by atoms with Crippen LogP contribution in [0.4, 0.5) is 5.82 Å². The summed E-state index contributed by atoms with van der Waals surface area (Å²) in [6.07, 6.45) is 8.88. The molecule has 1 N–H and O–H groups in total. The molecule has 0 aromatic carbocycles. The van der Waals surface area contributed by atoms with E-state index in [9.17, 15) is 8.42 Å². The molecule has 21 heavy (non-hydrogen) atoms. The molecule has 1 atom stereocenters. The normalized spacial score (nSPS) is 23.3. The van der Waals surface area contributed by atoms with Crippen molar-refractivity contribution in [2.24, 2.45) is 0 Å². The molecule has 0 amide bonds. The first-order chi connectivity index (χ1) is 10.1. The molecule has 2 aliphatic rings. The minimum absolute atomic E-state index is 0.342. The van der Waals surface area contributed by atoms with E-state index in [4.69, 9.17) is 0 Å². The van der Waals surface area contributed by atoms with Crippen LogP contribution in [0.25, 0.3) is 0 Å². The van der Waals surface area contributed by atoms with Crippen molar-refractivity contribution >= 4 is 15.7 Å². The minimum Gasteiger partial charge on any atom is -0.351 e. The van der Waals surface area contributed by atoms with Crippen molar-refractivity contribution in [2.45, 2.75) is 49.1 Å². The van der Waals surface area contributed by atoms with Crippen molar-refractivity contribution in [3.63, 3.8) is 0 Å². The molecule has 6 heteroatoms. The van der Waals surface area contributed by atoms with Crippen LogP contribution in [0.3, 0.4) is 0 Å². The fourth-order valence-electron chi connectivity index (χ4n) is 2.97. The van der Waals surface area contributed by atoms with Crippen LogP contribution in [0, 0.1) is 0 Å². The van der Waals surface area contributed by atoms with Crippen molar-refractivity contribution < 1.29 is 8.42 Å². The van der Waals surface area contributed by atoms with E-state index in [2.05, 4.69) is 15.2 Å². The van der Waals surface area contributed by atoms with Crippen LogP contribution in [0.5, 0.6) is 0 Å². The van der Waals surface area contributed by atoms with Gasteiger partial charge in [-0.05, 0) is 44.2 Å². The second-order valence-corrected chi connectivity index (χ2v) is 8.11. The van der Waals surface area contributed by atoms with E-state index in [-0.39, 0.29) is 0 Å². The number of pyridine rings is 1. The third kappa shape index (κ3) is 3.55. The van der Waals surface area contributed by atoms with Gasteiger partial charge >= 0.3 is 0 Å². The summed E-state index contributed by atoms with van der Waals surface area (Å²) in [5.74, 6) is 0.627. The zero-order chi connectivity index (χ0) is 14.9. The summed E-state index contributed by atoms with van der Waals surface area (Å²) in [4.78, 5) is 6.92. The van der Waals surface area contributed by atoms with Gasteiger partial charge in [0.05, 0.1) is 0 Å². The van der Waals surface area contributed by atoms with E-state index in [0.29, 0.717) is 22.8 Å². The van der Waals surface area contributed by atoms with Crippen molar-refractivity contribution in [1.29, 1.82) is 0 Å². The smallest absolute Gasteiger partial charge is 0.179 e. The van der Waals surface area contributed by atoms with Crippen molar-refractivity contribution in [2.75, 3.05) is 24.2 Å². The van der Waals surface area contributed by atoms with Gasteiger partial charge in [-0.2, -0.15) is 0 Å². The Hall–Kier alpha value is -1.14. The van der Waals surface area contributed by atoms with Gasteiger partial charge in [-0.25, -0.2) is 13.4 Å². The minimum atomic E-state index is -3.25. The highest BCUT2D eigenvalue weighted by Crippen LogP contribution is 2.29. The molecule has 1 aliphatic carbocycles. The van der Waals surface area contributed by atoms with E-state index >= 15 is 0 Å². The molecule has 3 rings (SSSR count). The maximum Gasteiger partial charge on any atom is 0.179 e. The van der Waals surface area contributed by atoms with Crippen LogP contribution in [0.1, 0.15) is 32.1 Å². The molecule has 2 heterocycles. The summed E-state index contributed by atoms with van der Waals surface area (Å²) in [7, 11) is -3.25. The number of rotatable bonds is 5. The Morgan fingerprint density at radius 2 is 2.14 bits per heavy atom. The van der Waals surface area contributed by atoms with E-state index < -0.39 is 9.84 Å². The van der Waals surface area contributed by atoms with Gasteiger partial charge in [-0.3, -0.25) is 0 Å². The molecule has 0 radical (unpaired) electrons. The highest BCUT2D eigenvalue weighted by Gasteiger charge is 2.29. The Bertz CT molecular complexity index is 599. The van der Waals surface area contributed by atoms with Crippen LogP contribution in [0.15, 0.2) is 23.2 Å². The molecule has 2 fully saturated rings. The summed E-state index contributed by atoms with van der Waals surface area (Å²) < 4.78 is 24.0. The largest absolute Gasteiger partial charge is 0.351 e. The standard InChI is InChI=1S/C15H23N3O2S/c1-21(19,20)14-6-4-9-16-15(14)18-10-3-2-5-13(18)11-17-12-7-8-12/h4,6,9,12-13,17H,2-3,5,7-8,10-11H2,1H3. The Morgan fingerprint density at radius 3 is 2.86 bits per heavy atom. The van der Waals surface area contributed by atoms with Gasteiger partial charge in [-0.15, -0.1) is 0 Å². The summed E-state index contributed by atoms with van der Waals surface area (Å²) in [5, 5.41) is 3.57. The first kappa shape index (κ1) is 14.8. The molecule has 0 bridgehead atoms. The third-order valence-corrected chi connectivity index (χ3v) is 5.39. The predicted molar refractivity (Wildman–Crippen MR) is 83.4 cm³/mol. The fraction of sp³-hybridized carbons (Fsp3) is 0.667. The van der Waals surface area contributed by atoms with Gasteiger partial charge in [0.15, 0.2) is 9.84 Å². The molecule has 1 unspecified atom stereocenters. The zero-order valence-corrected chi connectivity index (χ0v) is 13.3. The van der Waals surface area contributed by atoms with Gasteiger partial charge in [0.1, 0.15) is 10.7 Å². The highest BCUT2D eigenvalue weighted by atomic mass is 32.2. The number of nitrogens with one attached hydrogen (secondary N) is 1. The van der Waals surface area contributed by atoms with Gasteiger partial charge in [-0.1, -0.05) is 0 Å². The molecular formula is C15H23N3O2S. The van der Waals surface area contributed by atoms with Crippen molar-refractivity contribution in [3.05, 3.63) is 18.3 Å². The lowest BCUT2D eigenvalue weighted by atomic mass is 10.0. The van der Waals surface area contributed by atoms with Crippen LogP contribution >= 0.6 is 0 Å². The van der Waals surface area contributed by atoms with Crippen LogP contribution in [0.2, 0.25) is 0 Å². The molecule has 116 valence electrons. The summed E-state index contributed by atoms with van der Waals surface area (Å²) in [6, 6.07) is 4.38. The lowest BCUT2D eigenvalue weighted by Gasteiger charge is -2.37. The highest BCUT2D eigenvalue weighted by molar-refractivity contribution is 7.90. The Morgan fingerprint density at radius 1 is 1.33 bits per heavy atom. The Labute approximate surface area is 126 Å². The number of aromatic nitrogens is 1. The van der Waals surface area contributed by atoms with Gasteiger partial charge < -0.3 is 10.2 Å². The second kappa shape index (κ2) is 5.93. The van der Waals surface area contributed by atoms with E-state index in [0.717, 1.165) is 25.9 Å². The number of sulfone groups is 1. The maximum atomic E-state index is 12.0. The average molecular weight is 309 g/mol. The summed E-state index contributed by atoms with van der Waals surface area (Å²) in [5.41, 5.74) is 0. The summed E-state index contributed by atoms with van der Waals surface area (Å²) >= 11 is 0. The van der Waals surface area contributed by atoms with Gasteiger partial charge in [0.25, 0.3) is 0 Å². The molecular weight excluding hydrogens is 286 g/mol. The number of nitrogens with zero attached hydrogens (tertiary/aromatic N) is 2. The van der Waals surface area contributed by atoms with Gasteiger partial charge in [0.2, 0.25) is 0 Å². The maximum absolute atomic E-state index is 12.0. The second-order valence-electron chi connectivity index (χ2n) is 6.12. The predicted octanol–water partition coefficient (Wildman–Crippen LogP) is 1.60. The lowest BCUT2D eigenvalue weighted by molar-refractivity contribution is 0.429. The van der Waals surface area contributed by atoms with E-state index in [1.54, 1.807) is 18.3 Å². The van der Waals surface area contributed by atoms with Crippen molar-refractivity contribution in [1.82, 2.24) is 10.3 Å². The fourth-order valence-corrected chi connectivity index (χ4v) is 3.80. The molecule has 1 aromatic heterocycles.